The third-order valence-electron chi connectivity index (χ3n) is 10.7. The third kappa shape index (κ3) is 11.1. The highest BCUT2D eigenvalue weighted by atomic mass is 79.9. The van der Waals surface area contributed by atoms with Crippen molar-refractivity contribution in [3.05, 3.63) is 81.2 Å². The second kappa shape index (κ2) is 20.7. The normalized spacial score (nSPS) is 11.9. The molecule has 2 heteroatoms. The van der Waals surface area contributed by atoms with Gasteiger partial charge in [-0.15, -0.1) is 0 Å². The molecule has 0 aliphatic heterocycles. The fraction of sp³-hybridized carbons (Fsp3) is 0.522. The zero-order chi connectivity index (χ0) is 33.4. The molecule has 258 valence electrons. The summed E-state index contributed by atoms with van der Waals surface area (Å²) in [4.78, 5) is 0. The summed E-state index contributed by atoms with van der Waals surface area (Å²) in [5.41, 5.74) is 1.47. The first kappa shape index (κ1) is 37.4. The van der Waals surface area contributed by atoms with Crippen molar-refractivity contribution in [3.63, 3.8) is 0 Å². The first-order chi connectivity index (χ1) is 23.7. The Hall–Kier alpha value is -1.90. The molecule has 0 aromatic heterocycles. The predicted octanol–water partition coefficient (Wildman–Crippen LogP) is 17.0. The second-order valence-corrected chi connectivity index (χ2v) is 16.2. The maximum atomic E-state index is 4.00. The minimum atomic E-state index is 1.18. The van der Waals surface area contributed by atoms with Crippen LogP contribution in [0.3, 0.4) is 0 Å². The molecular formula is C46H60Br2. The van der Waals surface area contributed by atoms with E-state index in [1.807, 2.05) is 0 Å². The molecule has 0 spiro atoms. The molecule has 5 rings (SSSR count). The Bertz CT molecular complexity index is 1700. The average Bonchev–Trinajstić information content (AvgIpc) is 3.11. The van der Waals surface area contributed by atoms with Crippen molar-refractivity contribution < 1.29 is 0 Å². The van der Waals surface area contributed by atoms with Crippen molar-refractivity contribution in [2.45, 2.75) is 155 Å². The van der Waals surface area contributed by atoms with Crippen LogP contribution in [0.4, 0.5) is 0 Å². The Morgan fingerprint density at radius 2 is 0.688 bits per heavy atom. The number of halogens is 2. The Balaban J connectivity index is 0.933. The molecular weight excluding hydrogens is 712 g/mol. The van der Waals surface area contributed by atoms with Crippen LogP contribution in [0.15, 0.2) is 75.7 Å². The van der Waals surface area contributed by atoms with Gasteiger partial charge in [0.1, 0.15) is 0 Å². The molecule has 0 unspecified atom stereocenters. The summed E-state index contributed by atoms with van der Waals surface area (Å²) in [5, 5.41) is 10.3. The minimum absolute atomic E-state index is 1.18. The monoisotopic (exact) mass is 770 g/mol. The van der Waals surface area contributed by atoms with Crippen LogP contribution in [0, 0.1) is 0 Å². The van der Waals surface area contributed by atoms with Crippen molar-refractivity contribution >= 4 is 74.9 Å². The number of rotatable bonds is 23. The van der Waals surface area contributed by atoms with E-state index in [1.165, 1.54) is 205 Å². The standard InChI is InChI=1S/C46H60Br2/c1-2-3-4-5-6-7-8-9-10-11-12-13-14-15-16-17-18-19-20-21-22-23-26-36-29-30-39-34-43-44(35-40(39)31-36)46(48)42-33-38-28-25-24-27-37(38)32-41(42)45(43)47/h24-25,27-35H,2-23,26H2,1H3. The third-order valence-corrected chi connectivity index (χ3v) is 12.4. The molecule has 48 heavy (non-hydrogen) atoms. The van der Waals surface area contributed by atoms with Crippen molar-refractivity contribution in [1.29, 1.82) is 0 Å². The van der Waals surface area contributed by atoms with Crippen molar-refractivity contribution in [3.8, 4) is 0 Å². The van der Waals surface area contributed by atoms with Crippen molar-refractivity contribution in [2.24, 2.45) is 0 Å². The van der Waals surface area contributed by atoms with Gasteiger partial charge in [0.15, 0.2) is 0 Å². The fourth-order valence-corrected chi connectivity index (χ4v) is 9.01. The Kier molecular flexibility index (Phi) is 16.1. The van der Waals surface area contributed by atoms with Gasteiger partial charge in [-0.25, -0.2) is 0 Å². The zero-order valence-electron chi connectivity index (χ0n) is 29.9. The Labute approximate surface area is 309 Å². The maximum Gasteiger partial charge on any atom is 0.0333 e. The molecule has 0 saturated heterocycles. The Morgan fingerprint density at radius 3 is 1.08 bits per heavy atom. The first-order valence-electron chi connectivity index (χ1n) is 19.8. The van der Waals surface area contributed by atoms with Crippen LogP contribution < -0.4 is 0 Å². The number of aryl methyl sites for hydroxylation is 1. The summed E-state index contributed by atoms with van der Waals surface area (Å²) >= 11 is 7.98. The SMILES string of the molecule is CCCCCCCCCCCCCCCCCCCCCCCCc1ccc2cc3c(Br)c4cc5ccccc5cc4c(Br)c3cc2c1. The molecule has 0 saturated carbocycles. The molecule has 0 bridgehead atoms. The molecule has 0 aliphatic carbocycles. The van der Waals surface area contributed by atoms with Crippen molar-refractivity contribution in [1.82, 2.24) is 0 Å². The second-order valence-electron chi connectivity index (χ2n) is 14.6. The van der Waals surface area contributed by atoms with Crippen LogP contribution in [-0.4, -0.2) is 0 Å². The van der Waals surface area contributed by atoms with E-state index in [2.05, 4.69) is 106 Å². The summed E-state index contributed by atoms with van der Waals surface area (Å²) in [7, 11) is 0. The van der Waals surface area contributed by atoms with Gasteiger partial charge in [-0.3, -0.25) is 0 Å². The van der Waals surface area contributed by atoms with E-state index in [1.54, 1.807) is 0 Å². The predicted molar refractivity (Wildman–Crippen MR) is 223 cm³/mol. The van der Waals surface area contributed by atoms with Gasteiger partial charge in [-0.2, -0.15) is 0 Å². The van der Waals surface area contributed by atoms with E-state index in [9.17, 15) is 0 Å². The lowest BCUT2D eigenvalue weighted by Gasteiger charge is -2.13. The van der Waals surface area contributed by atoms with E-state index in [0.717, 1.165) is 0 Å². The summed E-state index contributed by atoms with van der Waals surface area (Å²) in [6.45, 7) is 2.30. The average molecular weight is 773 g/mol. The van der Waals surface area contributed by atoms with Gasteiger partial charge in [0.05, 0.1) is 0 Å². The molecule has 5 aromatic carbocycles. The minimum Gasteiger partial charge on any atom is -0.0654 e. The van der Waals surface area contributed by atoms with E-state index < -0.39 is 0 Å². The molecule has 5 aromatic rings. The maximum absolute atomic E-state index is 4.00. The lowest BCUT2D eigenvalue weighted by Crippen LogP contribution is -1.89. The van der Waals surface area contributed by atoms with Crippen LogP contribution in [0.2, 0.25) is 0 Å². The van der Waals surface area contributed by atoms with Crippen LogP contribution in [-0.2, 0) is 6.42 Å². The summed E-state index contributed by atoms with van der Waals surface area (Å²) in [6, 6.07) is 25.1. The van der Waals surface area contributed by atoms with Gasteiger partial charge >= 0.3 is 0 Å². The van der Waals surface area contributed by atoms with E-state index in [-0.39, 0.29) is 0 Å². The van der Waals surface area contributed by atoms with Gasteiger partial charge in [0.2, 0.25) is 0 Å². The van der Waals surface area contributed by atoms with E-state index in [4.69, 9.17) is 0 Å². The molecule has 0 fully saturated rings. The zero-order valence-corrected chi connectivity index (χ0v) is 33.0. The topological polar surface area (TPSA) is 0 Å². The molecule has 0 nitrogen and oxygen atoms in total. The highest BCUT2D eigenvalue weighted by Gasteiger charge is 2.13. The van der Waals surface area contributed by atoms with E-state index in [0.29, 0.717) is 0 Å². The summed E-state index contributed by atoms with van der Waals surface area (Å²) < 4.78 is 2.37. The van der Waals surface area contributed by atoms with Gasteiger partial charge in [0, 0.05) is 8.95 Å². The molecule has 0 heterocycles. The summed E-state index contributed by atoms with van der Waals surface area (Å²) in [5.74, 6) is 0. The Morgan fingerprint density at radius 1 is 0.354 bits per heavy atom. The van der Waals surface area contributed by atoms with Crippen LogP contribution in [0.1, 0.15) is 154 Å². The van der Waals surface area contributed by atoms with Gasteiger partial charge in [-0.1, -0.05) is 184 Å². The lowest BCUT2D eigenvalue weighted by molar-refractivity contribution is 0.519. The van der Waals surface area contributed by atoms with Crippen molar-refractivity contribution in [2.75, 3.05) is 0 Å². The fourth-order valence-electron chi connectivity index (χ4n) is 7.70. The number of fused-ring (bicyclic) bond motifs is 4. The van der Waals surface area contributed by atoms with Gasteiger partial charge < -0.3 is 0 Å². The van der Waals surface area contributed by atoms with E-state index >= 15 is 0 Å². The lowest BCUT2D eigenvalue weighted by atomic mass is 9.96. The molecule has 0 amide bonds. The highest BCUT2D eigenvalue weighted by Crippen LogP contribution is 2.42. The smallest absolute Gasteiger partial charge is 0.0333 e. The molecule has 0 N–H and O–H groups in total. The number of hydrogen-bond acceptors (Lipinski definition) is 0. The molecule has 0 aliphatic rings. The highest BCUT2D eigenvalue weighted by molar-refractivity contribution is 9.11. The van der Waals surface area contributed by atoms with Gasteiger partial charge in [-0.05, 0) is 118 Å². The quantitative estimate of drug-likeness (QED) is 0.0458. The molecule has 0 atom stereocenters. The van der Waals surface area contributed by atoms with Crippen LogP contribution in [0.5, 0.6) is 0 Å². The number of benzene rings is 5. The van der Waals surface area contributed by atoms with Gasteiger partial charge in [0.25, 0.3) is 0 Å². The summed E-state index contributed by atoms with van der Waals surface area (Å²) in [6.07, 6.45) is 32.8. The number of unbranched alkanes of at least 4 members (excludes halogenated alkanes) is 21. The molecule has 0 radical (unpaired) electrons. The first-order valence-corrected chi connectivity index (χ1v) is 21.4. The van der Waals surface area contributed by atoms with Crippen LogP contribution in [0.25, 0.3) is 43.1 Å². The largest absolute Gasteiger partial charge is 0.0654 e. The number of hydrogen-bond donors (Lipinski definition) is 0. The van der Waals surface area contributed by atoms with Crippen LogP contribution >= 0.6 is 31.9 Å².